The SMILES string of the molecule is CCN(CC)C(=O)CCNC(=O)N1C[C@@H](O)C[C@H]1C(=O)O. The Kier molecular flexibility index (Phi) is 6.41. The number of carboxylic acids is 1. The molecule has 0 radical (unpaired) electrons. The van der Waals surface area contributed by atoms with Gasteiger partial charge in [-0.05, 0) is 13.8 Å². The van der Waals surface area contributed by atoms with Crippen molar-refractivity contribution in [1.29, 1.82) is 0 Å². The molecule has 0 aromatic carbocycles. The Morgan fingerprint density at radius 2 is 1.90 bits per heavy atom. The van der Waals surface area contributed by atoms with Crippen molar-refractivity contribution in [3.8, 4) is 0 Å². The average molecular weight is 301 g/mol. The Balaban J connectivity index is 2.43. The maximum atomic E-state index is 11.9. The third-order valence-electron chi connectivity index (χ3n) is 3.56. The maximum absolute atomic E-state index is 11.9. The molecule has 21 heavy (non-hydrogen) atoms. The van der Waals surface area contributed by atoms with Gasteiger partial charge in [-0.25, -0.2) is 9.59 Å². The zero-order chi connectivity index (χ0) is 16.0. The Morgan fingerprint density at radius 3 is 2.43 bits per heavy atom. The molecule has 0 aliphatic carbocycles. The highest BCUT2D eigenvalue weighted by Crippen LogP contribution is 2.17. The van der Waals surface area contributed by atoms with Gasteiger partial charge < -0.3 is 25.3 Å². The van der Waals surface area contributed by atoms with Crippen LogP contribution in [0, 0.1) is 0 Å². The van der Waals surface area contributed by atoms with E-state index in [2.05, 4.69) is 5.32 Å². The number of rotatable bonds is 6. The van der Waals surface area contributed by atoms with Gasteiger partial charge in [0.2, 0.25) is 5.91 Å². The summed E-state index contributed by atoms with van der Waals surface area (Å²) in [6.45, 7) is 5.12. The normalized spacial score (nSPS) is 21.2. The third-order valence-corrected chi connectivity index (χ3v) is 3.56. The monoisotopic (exact) mass is 301 g/mol. The Bertz CT molecular complexity index is 397. The van der Waals surface area contributed by atoms with Crippen LogP contribution in [0.4, 0.5) is 4.79 Å². The summed E-state index contributed by atoms with van der Waals surface area (Å²) >= 11 is 0. The van der Waals surface area contributed by atoms with Gasteiger partial charge >= 0.3 is 12.0 Å². The first-order valence-corrected chi connectivity index (χ1v) is 7.13. The van der Waals surface area contributed by atoms with Gasteiger partial charge in [0.05, 0.1) is 6.10 Å². The van der Waals surface area contributed by atoms with E-state index in [0.717, 1.165) is 4.90 Å². The Hall–Kier alpha value is -1.83. The molecule has 0 bridgehead atoms. The molecule has 2 atom stereocenters. The van der Waals surface area contributed by atoms with Crippen LogP contribution in [0.15, 0.2) is 0 Å². The number of hydrogen-bond acceptors (Lipinski definition) is 4. The number of carbonyl (C=O) groups excluding carboxylic acids is 2. The van der Waals surface area contributed by atoms with Gasteiger partial charge in [-0.3, -0.25) is 4.79 Å². The highest BCUT2D eigenvalue weighted by atomic mass is 16.4. The third kappa shape index (κ3) is 4.59. The van der Waals surface area contributed by atoms with Gasteiger partial charge in [0, 0.05) is 39.0 Å². The van der Waals surface area contributed by atoms with E-state index in [9.17, 15) is 19.5 Å². The van der Waals surface area contributed by atoms with Crippen molar-refractivity contribution in [2.45, 2.75) is 38.8 Å². The predicted molar refractivity (Wildman–Crippen MR) is 74.7 cm³/mol. The molecular formula is C13H23N3O5. The van der Waals surface area contributed by atoms with Crippen molar-refractivity contribution in [1.82, 2.24) is 15.1 Å². The highest BCUT2D eigenvalue weighted by Gasteiger charge is 2.38. The number of likely N-dealkylation sites (tertiary alicyclic amines) is 1. The van der Waals surface area contributed by atoms with Crippen molar-refractivity contribution in [2.24, 2.45) is 0 Å². The molecule has 1 saturated heterocycles. The van der Waals surface area contributed by atoms with Crippen LogP contribution in [0.25, 0.3) is 0 Å². The Morgan fingerprint density at radius 1 is 1.29 bits per heavy atom. The standard InChI is InChI=1S/C13H23N3O5/c1-3-15(4-2)11(18)5-6-14-13(21)16-8-9(17)7-10(16)12(19)20/h9-10,17H,3-8H2,1-2H3,(H,14,21)(H,19,20)/t9-,10-/m0/s1. The molecule has 1 fully saturated rings. The summed E-state index contributed by atoms with van der Waals surface area (Å²) in [6, 6.07) is -1.58. The van der Waals surface area contributed by atoms with Crippen molar-refractivity contribution in [3.05, 3.63) is 0 Å². The van der Waals surface area contributed by atoms with E-state index in [0.29, 0.717) is 13.1 Å². The minimum absolute atomic E-state index is 0.00715. The van der Waals surface area contributed by atoms with E-state index in [4.69, 9.17) is 5.11 Å². The fourth-order valence-electron chi connectivity index (χ4n) is 2.38. The number of carboxylic acid groups (broad SMARTS) is 1. The van der Waals surface area contributed by atoms with Crippen molar-refractivity contribution in [2.75, 3.05) is 26.2 Å². The lowest BCUT2D eigenvalue weighted by Crippen LogP contribution is -2.47. The summed E-state index contributed by atoms with van der Waals surface area (Å²) in [5.41, 5.74) is 0. The van der Waals surface area contributed by atoms with Crippen LogP contribution in [0.3, 0.4) is 0 Å². The predicted octanol–water partition coefficient (Wildman–Crippen LogP) is -0.526. The fourth-order valence-corrected chi connectivity index (χ4v) is 2.38. The lowest BCUT2D eigenvalue weighted by molar-refractivity contribution is -0.141. The van der Waals surface area contributed by atoms with Crippen molar-refractivity contribution < 1.29 is 24.6 Å². The molecule has 0 saturated carbocycles. The molecule has 1 aliphatic heterocycles. The summed E-state index contributed by atoms with van der Waals surface area (Å²) in [4.78, 5) is 37.4. The molecule has 1 rings (SSSR count). The first-order chi connectivity index (χ1) is 9.90. The van der Waals surface area contributed by atoms with Crippen molar-refractivity contribution in [3.63, 3.8) is 0 Å². The second-order valence-corrected chi connectivity index (χ2v) is 4.94. The van der Waals surface area contributed by atoms with E-state index in [1.807, 2.05) is 13.8 Å². The number of amides is 3. The zero-order valence-corrected chi connectivity index (χ0v) is 12.4. The van der Waals surface area contributed by atoms with Gasteiger partial charge in [0.25, 0.3) is 0 Å². The van der Waals surface area contributed by atoms with Gasteiger partial charge in [0.15, 0.2) is 0 Å². The summed E-state index contributed by atoms with van der Waals surface area (Å²) in [5, 5.41) is 21.0. The molecule has 1 aliphatic rings. The lowest BCUT2D eigenvalue weighted by atomic mass is 10.2. The molecule has 3 N–H and O–H groups in total. The lowest BCUT2D eigenvalue weighted by Gasteiger charge is -2.22. The van der Waals surface area contributed by atoms with Crippen LogP contribution in [-0.4, -0.2) is 76.2 Å². The number of urea groups is 1. The van der Waals surface area contributed by atoms with E-state index in [1.165, 1.54) is 0 Å². The van der Waals surface area contributed by atoms with E-state index >= 15 is 0 Å². The summed E-state index contributed by atoms with van der Waals surface area (Å²) in [5.74, 6) is -1.20. The number of hydrogen-bond donors (Lipinski definition) is 3. The number of nitrogens with one attached hydrogen (secondary N) is 1. The van der Waals surface area contributed by atoms with Gasteiger partial charge in [-0.1, -0.05) is 0 Å². The number of β-amino-alcohol motifs (C(OH)–C–C–N with tert-alkyl or cyclic N) is 1. The van der Waals surface area contributed by atoms with Crippen LogP contribution < -0.4 is 5.32 Å². The van der Waals surface area contributed by atoms with Gasteiger partial charge in [-0.2, -0.15) is 0 Å². The molecule has 8 heteroatoms. The second-order valence-electron chi connectivity index (χ2n) is 4.94. The number of carbonyl (C=O) groups is 3. The smallest absolute Gasteiger partial charge is 0.326 e. The molecule has 3 amide bonds. The molecular weight excluding hydrogens is 278 g/mol. The van der Waals surface area contributed by atoms with Gasteiger partial charge in [-0.15, -0.1) is 0 Å². The topological polar surface area (TPSA) is 110 Å². The Labute approximate surface area is 123 Å². The maximum Gasteiger partial charge on any atom is 0.326 e. The van der Waals surface area contributed by atoms with E-state index < -0.39 is 24.1 Å². The first kappa shape index (κ1) is 17.2. The molecule has 0 spiro atoms. The largest absolute Gasteiger partial charge is 0.480 e. The summed E-state index contributed by atoms with van der Waals surface area (Å²) in [6.07, 6.45) is -0.628. The first-order valence-electron chi connectivity index (χ1n) is 7.13. The van der Waals surface area contributed by atoms with Crippen LogP contribution in [-0.2, 0) is 9.59 Å². The molecule has 1 heterocycles. The van der Waals surface area contributed by atoms with Crippen LogP contribution in [0.5, 0.6) is 0 Å². The molecule has 120 valence electrons. The molecule has 8 nitrogen and oxygen atoms in total. The molecule has 0 unspecified atom stereocenters. The van der Waals surface area contributed by atoms with Gasteiger partial charge in [0.1, 0.15) is 6.04 Å². The number of nitrogens with zero attached hydrogens (tertiary/aromatic N) is 2. The van der Waals surface area contributed by atoms with E-state index in [1.54, 1.807) is 4.90 Å². The number of aliphatic carboxylic acids is 1. The minimum Gasteiger partial charge on any atom is -0.480 e. The molecule has 0 aromatic heterocycles. The fraction of sp³-hybridized carbons (Fsp3) is 0.769. The summed E-state index contributed by atoms with van der Waals surface area (Å²) in [7, 11) is 0. The van der Waals surface area contributed by atoms with Crippen molar-refractivity contribution >= 4 is 17.9 Å². The number of aliphatic hydroxyl groups excluding tert-OH is 1. The second kappa shape index (κ2) is 7.82. The minimum atomic E-state index is -1.14. The average Bonchev–Trinajstić information content (AvgIpc) is 2.82. The van der Waals surface area contributed by atoms with Crippen LogP contribution in [0.1, 0.15) is 26.7 Å². The zero-order valence-electron chi connectivity index (χ0n) is 12.4. The quantitative estimate of drug-likeness (QED) is 0.611. The summed E-state index contributed by atoms with van der Waals surface area (Å²) < 4.78 is 0. The van der Waals surface area contributed by atoms with Crippen LogP contribution in [0.2, 0.25) is 0 Å². The highest BCUT2D eigenvalue weighted by molar-refractivity contribution is 5.84. The van der Waals surface area contributed by atoms with Crippen LogP contribution >= 0.6 is 0 Å². The molecule has 0 aromatic rings. The van der Waals surface area contributed by atoms with E-state index in [-0.39, 0.29) is 31.8 Å². The number of aliphatic hydroxyl groups is 1.